The van der Waals surface area contributed by atoms with Gasteiger partial charge in [0.15, 0.2) is 0 Å². The van der Waals surface area contributed by atoms with Crippen LogP contribution in [0.4, 0.5) is 0 Å². The minimum Gasteiger partial charge on any atom is -0.492 e. The van der Waals surface area contributed by atoms with E-state index in [1.807, 2.05) is 58.2 Å². The summed E-state index contributed by atoms with van der Waals surface area (Å²) in [6.07, 6.45) is 0. The van der Waals surface area contributed by atoms with E-state index >= 15 is 0 Å². The monoisotopic (exact) mass is 429 g/mol. The number of nitrogens with one attached hydrogen (secondary N) is 1. The largest absolute Gasteiger partial charge is 0.492 e. The molecule has 0 aliphatic heterocycles. The molecule has 0 atom stereocenters. The smallest absolute Gasteiger partial charge is 0.275 e. The average Bonchev–Trinajstić information content (AvgIpc) is 2.95. The first-order valence-corrected chi connectivity index (χ1v) is 11.3. The molecule has 30 heavy (non-hydrogen) atoms. The van der Waals surface area contributed by atoms with Gasteiger partial charge < -0.3 is 4.74 Å². The highest BCUT2D eigenvalue weighted by atomic mass is 32.2. The summed E-state index contributed by atoms with van der Waals surface area (Å²) in [7, 11) is -1.85. The molecule has 2 aromatic carbocycles. The van der Waals surface area contributed by atoms with Gasteiger partial charge in [0, 0.05) is 24.8 Å². The Morgan fingerprint density at radius 2 is 1.67 bits per heavy atom. The van der Waals surface area contributed by atoms with Crippen LogP contribution in [0.25, 0.3) is 5.69 Å². The van der Waals surface area contributed by atoms with Crippen molar-refractivity contribution in [3.63, 3.8) is 0 Å². The molecule has 0 amide bonds. The molecule has 0 bridgehead atoms. The molecule has 8 heteroatoms. The standard InChI is InChI=1S/C22H27N3O4S/c1-16(2)21-17(3)24(4)25(22(21)26)18-10-12-20(13-11-18)30(27,28)23-14-15-29-19-8-6-5-7-9-19/h5-13,16,23H,14-15H2,1-4H3. The van der Waals surface area contributed by atoms with Crippen molar-refractivity contribution in [2.75, 3.05) is 13.2 Å². The number of aromatic nitrogens is 2. The Hall–Kier alpha value is -2.84. The number of nitrogens with zero attached hydrogens (tertiary/aromatic N) is 2. The molecule has 0 spiro atoms. The van der Waals surface area contributed by atoms with Crippen LogP contribution in [0.5, 0.6) is 5.75 Å². The molecule has 1 heterocycles. The molecule has 0 aliphatic carbocycles. The van der Waals surface area contributed by atoms with Gasteiger partial charge in [0.1, 0.15) is 12.4 Å². The molecule has 0 unspecified atom stereocenters. The highest BCUT2D eigenvalue weighted by molar-refractivity contribution is 7.89. The summed E-state index contributed by atoms with van der Waals surface area (Å²) in [6, 6.07) is 15.5. The number of benzene rings is 2. The van der Waals surface area contributed by atoms with Gasteiger partial charge in [-0.1, -0.05) is 32.0 Å². The molecule has 0 radical (unpaired) electrons. The summed E-state index contributed by atoms with van der Waals surface area (Å²) >= 11 is 0. The molecule has 3 aromatic rings. The first-order chi connectivity index (χ1) is 14.2. The maximum atomic E-state index is 12.8. The zero-order valence-corrected chi connectivity index (χ0v) is 18.4. The third-order valence-corrected chi connectivity index (χ3v) is 6.45. The van der Waals surface area contributed by atoms with Crippen molar-refractivity contribution in [2.24, 2.45) is 7.05 Å². The average molecular weight is 430 g/mol. The molecular weight excluding hydrogens is 402 g/mol. The van der Waals surface area contributed by atoms with Gasteiger partial charge in [-0.2, -0.15) is 0 Å². The zero-order valence-electron chi connectivity index (χ0n) is 17.6. The van der Waals surface area contributed by atoms with E-state index in [0.29, 0.717) is 11.4 Å². The Kier molecular flexibility index (Phi) is 6.48. The fourth-order valence-corrected chi connectivity index (χ4v) is 4.41. The molecule has 0 saturated carbocycles. The maximum absolute atomic E-state index is 12.8. The van der Waals surface area contributed by atoms with Crippen LogP contribution in [0.3, 0.4) is 0 Å². The first kappa shape index (κ1) is 21.9. The second-order valence-electron chi connectivity index (χ2n) is 7.35. The van der Waals surface area contributed by atoms with Crippen LogP contribution in [-0.4, -0.2) is 30.9 Å². The third kappa shape index (κ3) is 4.49. The summed E-state index contributed by atoms with van der Waals surface area (Å²) in [5, 5.41) is 0. The van der Waals surface area contributed by atoms with Crippen LogP contribution < -0.4 is 15.0 Å². The topological polar surface area (TPSA) is 82.3 Å². The minimum absolute atomic E-state index is 0.0863. The Bertz CT molecular complexity index is 1160. The number of hydrogen-bond acceptors (Lipinski definition) is 4. The van der Waals surface area contributed by atoms with E-state index in [4.69, 9.17) is 4.74 Å². The van der Waals surface area contributed by atoms with E-state index in [-0.39, 0.29) is 29.5 Å². The van der Waals surface area contributed by atoms with E-state index < -0.39 is 10.0 Å². The molecule has 160 valence electrons. The van der Waals surface area contributed by atoms with Gasteiger partial charge in [-0.05, 0) is 49.2 Å². The second-order valence-corrected chi connectivity index (χ2v) is 9.11. The molecule has 3 rings (SSSR count). The summed E-state index contributed by atoms with van der Waals surface area (Å²) in [6.45, 7) is 6.24. The second kappa shape index (κ2) is 8.89. The van der Waals surface area contributed by atoms with Gasteiger partial charge in [0.05, 0.1) is 10.6 Å². The molecule has 1 N–H and O–H groups in total. The fourth-order valence-electron chi connectivity index (χ4n) is 3.40. The Morgan fingerprint density at radius 1 is 1.03 bits per heavy atom. The predicted molar refractivity (Wildman–Crippen MR) is 117 cm³/mol. The lowest BCUT2D eigenvalue weighted by Crippen LogP contribution is -2.28. The lowest BCUT2D eigenvalue weighted by atomic mass is 10.0. The number of rotatable bonds is 8. The quantitative estimate of drug-likeness (QED) is 0.558. The van der Waals surface area contributed by atoms with Crippen LogP contribution in [0, 0.1) is 6.92 Å². The highest BCUT2D eigenvalue weighted by Gasteiger charge is 2.19. The van der Waals surface area contributed by atoms with Crippen LogP contribution in [0.1, 0.15) is 31.0 Å². The molecule has 0 aliphatic rings. The van der Waals surface area contributed by atoms with Crippen molar-refractivity contribution in [2.45, 2.75) is 31.6 Å². The van der Waals surface area contributed by atoms with E-state index in [0.717, 1.165) is 11.3 Å². The SMILES string of the molecule is Cc1c(C(C)C)c(=O)n(-c2ccc(S(=O)(=O)NCCOc3ccccc3)cc2)n1C. The van der Waals surface area contributed by atoms with Gasteiger partial charge in [0.2, 0.25) is 10.0 Å². The van der Waals surface area contributed by atoms with Gasteiger partial charge in [-0.3, -0.25) is 9.48 Å². The summed E-state index contributed by atoms with van der Waals surface area (Å²) in [5.74, 6) is 0.789. The Balaban J connectivity index is 1.72. The number of sulfonamides is 1. The molecular formula is C22H27N3O4S. The van der Waals surface area contributed by atoms with Crippen molar-refractivity contribution in [3.05, 3.63) is 76.2 Å². The lowest BCUT2D eigenvalue weighted by Gasteiger charge is -2.11. The van der Waals surface area contributed by atoms with Gasteiger partial charge in [0.25, 0.3) is 5.56 Å². The summed E-state index contributed by atoms with van der Waals surface area (Å²) in [5.41, 5.74) is 2.18. The summed E-state index contributed by atoms with van der Waals surface area (Å²) < 4.78 is 36.4. The van der Waals surface area contributed by atoms with Crippen LogP contribution in [0.2, 0.25) is 0 Å². The van der Waals surface area contributed by atoms with E-state index in [2.05, 4.69) is 4.72 Å². The zero-order chi connectivity index (χ0) is 21.9. The van der Waals surface area contributed by atoms with Crippen molar-refractivity contribution >= 4 is 10.0 Å². The highest BCUT2D eigenvalue weighted by Crippen LogP contribution is 2.19. The minimum atomic E-state index is -3.67. The van der Waals surface area contributed by atoms with Gasteiger partial charge in [-0.25, -0.2) is 17.8 Å². The van der Waals surface area contributed by atoms with Gasteiger partial charge >= 0.3 is 0 Å². The van der Waals surface area contributed by atoms with Crippen LogP contribution in [0.15, 0.2) is 64.3 Å². The van der Waals surface area contributed by atoms with Gasteiger partial charge in [-0.15, -0.1) is 0 Å². The first-order valence-electron chi connectivity index (χ1n) is 9.79. The number of ether oxygens (including phenoxy) is 1. The van der Waals surface area contributed by atoms with E-state index in [1.54, 1.807) is 21.5 Å². The summed E-state index contributed by atoms with van der Waals surface area (Å²) in [4.78, 5) is 13.0. The van der Waals surface area contributed by atoms with Crippen molar-refractivity contribution in [3.8, 4) is 11.4 Å². The van der Waals surface area contributed by atoms with Crippen LogP contribution in [-0.2, 0) is 17.1 Å². The maximum Gasteiger partial charge on any atom is 0.275 e. The number of para-hydroxylation sites is 1. The van der Waals surface area contributed by atoms with E-state index in [1.165, 1.54) is 12.1 Å². The predicted octanol–water partition coefficient (Wildman–Crippen LogP) is 2.97. The molecule has 7 nitrogen and oxygen atoms in total. The van der Waals surface area contributed by atoms with Crippen molar-refractivity contribution < 1.29 is 13.2 Å². The lowest BCUT2D eigenvalue weighted by molar-refractivity contribution is 0.323. The van der Waals surface area contributed by atoms with Crippen molar-refractivity contribution in [1.82, 2.24) is 14.1 Å². The fraction of sp³-hybridized carbons (Fsp3) is 0.318. The molecule has 0 fully saturated rings. The normalized spacial score (nSPS) is 11.8. The Labute approximate surface area is 177 Å². The molecule has 0 saturated heterocycles. The third-order valence-electron chi connectivity index (χ3n) is 4.97. The van der Waals surface area contributed by atoms with Crippen LogP contribution >= 0.6 is 0 Å². The Morgan fingerprint density at radius 3 is 2.23 bits per heavy atom. The number of hydrogen-bond donors (Lipinski definition) is 1. The molecule has 1 aromatic heterocycles. The van der Waals surface area contributed by atoms with Crippen molar-refractivity contribution in [1.29, 1.82) is 0 Å². The van der Waals surface area contributed by atoms with E-state index in [9.17, 15) is 13.2 Å².